The minimum Gasteiger partial charge on any atom is -0.345 e. The number of alkyl halides is 1. The first kappa shape index (κ1) is 12.8. The second-order valence-electron chi connectivity index (χ2n) is 3.85. The quantitative estimate of drug-likeness (QED) is 0.874. The third-order valence-corrected chi connectivity index (χ3v) is 3.07. The number of nitrogens with zero attached hydrogens (tertiary/aromatic N) is 3. The van der Waals surface area contributed by atoms with E-state index in [1.54, 1.807) is 30.2 Å². The van der Waals surface area contributed by atoms with Crippen LogP contribution in [0, 0.1) is 0 Å². The molecule has 0 aliphatic rings. The summed E-state index contributed by atoms with van der Waals surface area (Å²) in [6.45, 7) is 0.333. The van der Waals surface area contributed by atoms with E-state index >= 15 is 0 Å². The Bertz CT molecular complexity index is 535. The zero-order valence-electron chi connectivity index (χ0n) is 9.93. The number of halogens is 1. The number of hydrogen-bond acceptors (Lipinski definition) is 3. The Morgan fingerprint density at radius 2 is 2.11 bits per heavy atom. The molecular weight excluding hydrogens is 296 g/mol. The van der Waals surface area contributed by atoms with Gasteiger partial charge in [0.25, 0.3) is 5.91 Å². The van der Waals surface area contributed by atoms with Crippen LogP contribution in [0.1, 0.15) is 21.7 Å². The van der Waals surface area contributed by atoms with E-state index in [1.807, 2.05) is 12.1 Å². The molecule has 0 saturated carbocycles. The number of carbonyl (C=O) groups is 1. The summed E-state index contributed by atoms with van der Waals surface area (Å²) < 4.78 is 1.60. The zero-order valence-corrected chi connectivity index (χ0v) is 11.5. The molecule has 0 atom stereocenters. The van der Waals surface area contributed by atoms with E-state index in [-0.39, 0.29) is 5.91 Å². The van der Waals surface area contributed by atoms with Crippen LogP contribution >= 0.6 is 15.9 Å². The number of aryl methyl sites for hydroxylation is 1. The standard InChI is InChI=1S/C12H13BrN4O/c1-17-8-15-11(16-17)7-14-12(18)10-4-2-9(6-13)3-5-10/h2-5,8H,6-7H2,1H3,(H,14,18). The van der Waals surface area contributed by atoms with Gasteiger partial charge in [-0.25, -0.2) is 4.98 Å². The van der Waals surface area contributed by atoms with Gasteiger partial charge in [-0.05, 0) is 17.7 Å². The van der Waals surface area contributed by atoms with Crippen LogP contribution in [-0.2, 0) is 18.9 Å². The topological polar surface area (TPSA) is 59.8 Å². The largest absolute Gasteiger partial charge is 0.345 e. The maximum absolute atomic E-state index is 11.8. The van der Waals surface area contributed by atoms with Gasteiger partial charge in [-0.2, -0.15) is 5.10 Å². The molecule has 0 aliphatic heterocycles. The van der Waals surface area contributed by atoms with Crippen LogP contribution in [0.4, 0.5) is 0 Å². The average Bonchev–Trinajstić information content (AvgIpc) is 2.82. The molecule has 1 N–H and O–H groups in total. The van der Waals surface area contributed by atoms with E-state index in [2.05, 4.69) is 31.3 Å². The highest BCUT2D eigenvalue weighted by molar-refractivity contribution is 9.08. The number of benzene rings is 1. The Hall–Kier alpha value is -1.69. The molecule has 94 valence electrons. The summed E-state index contributed by atoms with van der Waals surface area (Å²) in [6, 6.07) is 7.45. The molecule has 0 radical (unpaired) electrons. The average molecular weight is 309 g/mol. The predicted octanol–water partition coefficient (Wildman–Crippen LogP) is 1.64. The van der Waals surface area contributed by atoms with Crippen molar-refractivity contribution in [2.24, 2.45) is 7.05 Å². The van der Waals surface area contributed by atoms with Gasteiger partial charge in [0, 0.05) is 17.9 Å². The summed E-state index contributed by atoms with van der Waals surface area (Å²) in [7, 11) is 1.79. The van der Waals surface area contributed by atoms with Crippen molar-refractivity contribution in [3.8, 4) is 0 Å². The third kappa shape index (κ3) is 3.16. The van der Waals surface area contributed by atoms with E-state index < -0.39 is 0 Å². The molecule has 0 spiro atoms. The van der Waals surface area contributed by atoms with E-state index in [0.717, 1.165) is 10.9 Å². The molecule has 1 aromatic carbocycles. The molecule has 6 heteroatoms. The minimum absolute atomic E-state index is 0.122. The number of rotatable bonds is 4. The zero-order chi connectivity index (χ0) is 13.0. The summed E-state index contributed by atoms with van der Waals surface area (Å²) in [5.41, 5.74) is 1.77. The second kappa shape index (κ2) is 5.77. The van der Waals surface area contributed by atoms with E-state index in [4.69, 9.17) is 0 Å². The lowest BCUT2D eigenvalue weighted by Crippen LogP contribution is -2.23. The molecule has 0 bridgehead atoms. The smallest absolute Gasteiger partial charge is 0.251 e. The molecule has 1 aromatic heterocycles. The molecule has 0 saturated heterocycles. The molecule has 2 aromatic rings. The first-order valence-corrected chi connectivity index (χ1v) is 6.59. The third-order valence-electron chi connectivity index (χ3n) is 2.42. The first-order valence-electron chi connectivity index (χ1n) is 5.46. The molecule has 2 rings (SSSR count). The lowest BCUT2D eigenvalue weighted by molar-refractivity contribution is 0.0950. The van der Waals surface area contributed by atoms with Crippen molar-refractivity contribution in [1.82, 2.24) is 20.1 Å². The van der Waals surface area contributed by atoms with Crippen LogP contribution in [0.15, 0.2) is 30.6 Å². The van der Waals surface area contributed by atoms with Crippen LogP contribution < -0.4 is 5.32 Å². The van der Waals surface area contributed by atoms with Gasteiger partial charge in [0.05, 0.1) is 6.54 Å². The Balaban J connectivity index is 1.94. The van der Waals surface area contributed by atoms with Crippen molar-refractivity contribution in [2.75, 3.05) is 0 Å². The molecule has 0 aliphatic carbocycles. The predicted molar refractivity (Wildman–Crippen MR) is 71.2 cm³/mol. The summed E-state index contributed by atoms with van der Waals surface area (Å²) in [6.07, 6.45) is 1.60. The Labute approximate surface area is 113 Å². The summed E-state index contributed by atoms with van der Waals surface area (Å²) in [5, 5.41) is 7.65. The van der Waals surface area contributed by atoms with Crippen LogP contribution in [-0.4, -0.2) is 20.7 Å². The molecule has 1 heterocycles. The number of amides is 1. The van der Waals surface area contributed by atoms with E-state index in [1.165, 1.54) is 0 Å². The van der Waals surface area contributed by atoms with Crippen molar-refractivity contribution in [3.63, 3.8) is 0 Å². The van der Waals surface area contributed by atoms with Gasteiger partial charge in [0.15, 0.2) is 5.82 Å². The minimum atomic E-state index is -0.122. The maximum Gasteiger partial charge on any atom is 0.251 e. The molecular formula is C12H13BrN4O. The Morgan fingerprint density at radius 3 is 2.67 bits per heavy atom. The number of nitrogens with one attached hydrogen (secondary N) is 1. The number of aromatic nitrogens is 3. The molecule has 18 heavy (non-hydrogen) atoms. The Morgan fingerprint density at radius 1 is 1.39 bits per heavy atom. The lowest BCUT2D eigenvalue weighted by Gasteiger charge is -2.03. The lowest BCUT2D eigenvalue weighted by atomic mass is 10.1. The van der Waals surface area contributed by atoms with Gasteiger partial charge >= 0.3 is 0 Å². The van der Waals surface area contributed by atoms with Crippen molar-refractivity contribution in [2.45, 2.75) is 11.9 Å². The van der Waals surface area contributed by atoms with Crippen LogP contribution in [0.2, 0.25) is 0 Å². The SMILES string of the molecule is Cn1cnc(CNC(=O)c2ccc(CBr)cc2)n1. The van der Waals surface area contributed by atoms with Gasteiger partial charge < -0.3 is 5.32 Å². The van der Waals surface area contributed by atoms with Gasteiger partial charge in [-0.1, -0.05) is 28.1 Å². The summed E-state index contributed by atoms with van der Waals surface area (Å²) >= 11 is 3.36. The number of carbonyl (C=O) groups excluding carboxylic acids is 1. The van der Waals surface area contributed by atoms with Crippen LogP contribution in [0.3, 0.4) is 0 Å². The maximum atomic E-state index is 11.8. The molecule has 0 unspecified atom stereocenters. The van der Waals surface area contributed by atoms with Crippen molar-refractivity contribution in [3.05, 3.63) is 47.5 Å². The van der Waals surface area contributed by atoms with Crippen molar-refractivity contribution < 1.29 is 4.79 Å². The second-order valence-corrected chi connectivity index (χ2v) is 4.41. The highest BCUT2D eigenvalue weighted by Crippen LogP contribution is 2.07. The fourth-order valence-electron chi connectivity index (χ4n) is 1.47. The molecule has 5 nitrogen and oxygen atoms in total. The summed E-state index contributed by atoms with van der Waals surface area (Å²) in [5.74, 6) is 0.478. The van der Waals surface area contributed by atoms with Gasteiger partial charge in [0.1, 0.15) is 6.33 Å². The molecule has 1 amide bonds. The van der Waals surface area contributed by atoms with Gasteiger partial charge in [-0.15, -0.1) is 0 Å². The van der Waals surface area contributed by atoms with E-state index in [0.29, 0.717) is 17.9 Å². The fraction of sp³-hybridized carbons (Fsp3) is 0.250. The van der Waals surface area contributed by atoms with Crippen LogP contribution in [0.5, 0.6) is 0 Å². The molecule has 0 fully saturated rings. The van der Waals surface area contributed by atoms with Gasteiger partial charge in [-0.3, -0.25) is 9.48 Å². The highest BCUT2D eigenvalue weighted by atomic mass is 79.9. The fourth-order valence-corrected chi connectivity index (χ4v) is 1.85. The number of hydrogen-bond donors (Lipinski definition) is 1. The monoisotopic (exact) mass is 308 g/mol. The van der Waals surface area contributed by atoms with Crippen molar-refractivity contribution in [1.29, 1.82) is 0 Å². The normalized spacial score (nSPS) is 10.3. The van der Waals surface area contributed by atoms with E-state index in [9.17, 15) is 4.79 Å². The summed E-state index contributed by atoms with van der Waals surface area (Å²) in [4.78, 5) is 15.9. The Kier molecular flexibility index (Phi) is 4.09. The first-order chi connectivity index (χ1) is 8.69. The highest BCUT2D eigenvalue weighted by Gasteiger charge is 2.06. The van der Waals surface area contributed by atoms with Crippen LogP contribution in [0.25, 0.3) is 0 Å². The van der Waals surface area contributed by atoms with Gasteiger partial charge in [0.2, 0.25) is 0 Å². The van der Waals surface area contributed by atoms with Crippen molar-refractivity contribution >= 4 is 21.8 Å².